The molecule has 0 bridgehead atoms. The molecule has 0 saturated carbocycles. The third-order valence-electron chi connectivity index (χ3n) is 2.68. The van der Waals surface area contributed by atoms with E-state index in [0.717, 1.165) is 10.5 Å². The minimum Gasteiger partial charge on any atom is -0.449 e. The quantitative estimate of drug-likeness (QED) is 0.655. The van der Waals surface area contributed by atoms with Gasteiger partial charge in [-0.05, 0) is 24.3 Å². The first-order valence-corrected chi connectivity index (χ1v) is 6.19. The number of hydrogen-bond acceptors (Lipinski definition) is 2. The summed E-state index contributed by atoms with van der Waals surface area (Å²) < 4.78 is 2.43. The lowest BCUT2D eigenvalue weighted by atomic mass is 9.88. The third kappa shape index (κ3) is 1.52. The van der Waals surface area contributed by atoms with Crippen molar-refractivity contribution < 1.29 is 5.02 Å². The summed E-state index contributed by atoms with van der Waals surface area (Å²) in [5.41, 5.74) is 0.949. The molecule has 4 heteroatoms. The summed E-state index contributed by atoms with van der Waals surface area (Å²) in [4.78, 5) is 0. The highest BCUT2D eigenvalue weighted by Gasteiger charge is 2.06. The Kier molecular flexibility index (Phi) is 2.39. The molecule has 0 amide bonds. The fraction of sp³-hybridized carbons (Fsp3) is 0. The van der Waals surface area contributed by atoms with E-state index < -0.39 is 0 Å². The van der Waals surface area contributed by atoms with Crippen molar-refractivity contribution in [1.82, 2.24) is 0 Å². The third-order valence-corrected chi connectivity index (χ3v) is 4.05. The molecular formula is C12H8BClOS. The van der Waals surface area contributed by atoms with Gasteiger partial charge in [0, 0.05) is 25.2 Å². The van der Waals surface area contributed by atoms with Gasteiger partial charge in [0.25, 0.3) is 0 Å². The summed E-state index contributed by atoms with van der Waals surface area (Å²) in [6.45, 7) is 0. The van der Waals surface area contributed by atoms with Crippen LogP contribution in [0.25, 0.3) is 20.2 Å². The zero-order valence-corrected chi connectivity index (χ0v) is 9.98. The van der Waals surface area contributed by atoms with E-state index in [4.69, 9.17) is 16.6 Å². The molecule has 1 N–H and O–H groups in total. The summed E-state index contributed by atoms with van der Waals surface area (Å²) in [7, 11) is 0.0882. The van der Waals surface area contributed by atoms with E-state index in [9.17, 15) is 0 Å². The highest BCUT2D eigenvalue weighted by atomic mass is 35.5. The average Bonchev–Trinajstić information content (AvgIpc) is 2.66. The van der Waals surface area contributed by atoms with Crippen molar-refractivity contribution >= 4 is 56.1 Å². The number of benzene rings is 2. The van der Waals surface area contributed by atoms with Crippen LogP contribution in [0, 0.1) is 0 Å². The van der Waals surface area contributed by atoms with Gasteiger partial charge < -0.3 is 5.02 Å². The summed E-state index contributed by atoms with van der Waals surface area (Å²) in [6.07, 6.45) is 0. The molecule has 1 heterocycles. The second kappa shape index (κ2) is 3.77. The molecule has 0 aliphatic carbocycles. The molecule has 0 radical (unpaired) electrons. The normalized spacial score (nSPS) is 11.1. The Hall–Kier alpha value is -1.03. The van der Waals surface area contributed by atoms with Crippen LogP contribution in [0.2, 0.25) is 5.02 Å². The van der Waals surface area contributed by atoms with Crippen LogP contribution in [-0.2, 0) is 0 Å². The fourth-order valence-corrected chi connectivity index (χ4v) is 3.21. The lowest BCUT2D eigenvalue weighted by Crippen LogP contribution is -2.11. The number of hydrogen-bond donors (Lipinski definition) is 1. The highest BCUT2D eigenvalue weighted by Crippen LogP contribution is 2.34. The second-order valence-corrected chi connectivity index (χ2v) is 5.25. The van der Waals surface area contributed by atoms with Crippen LogP contribution in [0.15, 0.2) is 36.4 Å². The highest BCUT2D eigenvalue weighted by molar-refractivity contribution is 7.25. The monoisotopic (exact) mass is 246 g/mol. The Morgan fingerprint density at radius 3 is 2.69 bits per heavy atom. The first-order valence-electron chi connectivity index (χ1n) is 4.99. The average molecular weight is 247 g/mol. The molecule has 78 valence electrons. The molecule has 1 aromatic heterocycles. The zero-order valence-electron chi connectivity index (χ0n) is 8.40. The van der Waals surface area contributed by atoms with E-state index in [2.05, 4.69) is 6.07 Å². The Labute approximate surface area is 103 Å². The summed E-state index contributed by atoms with van der Waals surface area (Å²) in [6, 6.07) is 12.0. The van der Waals surface area contributed by atoms with Crippen LogP contribution in [-0.4, -0.2) is 12.5 Å². The van der Waals surface area contributed by atoms with Gasteiger partial charge in [-0.25, -0.2) is 0 Å². The molecule has 3 aromatic rings. The first-order chi connectivity index (χ1) is 7.78. The maximum absolute atomic E-state index is 9.10. The van der Waals surface area contributed by atoms with Crippen LogP contribution in [0.4, 0.5) is 0 Å². The fourth-order valence-electron chi connectivity index (χ4n) is 1.89. The van der Waals surface area contributed by atoms with Gasteiger partial charge in [-0.15, -0.1) is 11.3 Å². The van der Waals surface area contributed by atoms with E-state index in [1.54, 1.807) is 11.3 Å². The number of fused-ring (bicyclic) bond motifs is 3. The standard InChI is InChI=1S/C12H8BClOS/c14-8-2-4-11-10(6-8)9-3-1-7(13-15)5-12(9)16-11/h1-6,13,15H. The number of rotatable bonds is 1. The van der Waals surface area contributed by atoms with Gasteiger partial charge in [0.05, 0.1) is 0 Å². The van der Waals surface area contributed by atoms with Crippen molar-refractivity contribution in [3.8, 4) is 0 Å². The van der Waals surface area contributed by atoms with E-state index in [0.29, 0.717) is 0 Å². The Balaban J connectivity index is 2.41. The van der Waals surface area contributed by atoms with E-state index in [-0.39, 0.29) is 7.48 Å². The van der Waals surface area contributed by atoms with Gasteiger partial charge in [-0.1, -0.05) is 29.2 Å². The zero-order chi connectivity index (χ0) is 11.1. The largest absolute Gasteiger partial charge is 0.449 e. The molecule has 3 rings (SSSR count). The molecule has 0 aliphatic heterocycles. The van der Waals surface area contributed by atoms with Crippen molar-refractivity contribution in [3.05, 3.63) is 41.4 Å². The molecule has 0 atom stereocenters. The van der Waals surface area contributed by atoms with Gasteiger partial charge >= 0.3 is 7.48 Å². The Morgan fingerprint density at radius 2 is 1.88 bits per heavy atom. The minimum atomic E-state index is 0.0882. The van der Waals surface area contributed by atoms with Crippen LogP contribution in [0.1, 0.15) is 0 Å². The maximum Gasteiger partial charge on any atom is 0.304 e. The summed E-state index contributed by atoms with van der Waals surface area (Å²) in [5, 5.41) is 12.3. The van der Waals surface area contributed by atoms with E-state index in [1.165, 1.54) is 20.2 Å². The molecule has 0 saturated heterocycles. The lowest BCUT2D eigenvalue weighted by Gasteiger charge is -1.95. The van der Waals surface area contributed by atoms with E-state index in [1.807, 2.05) is 30.3 Å². The van der Waals surface area contributed by atoms with Crippen molar-refractivity contribution in [2.24, 2.45) is 0 Å². The predicted molar refractivity (Wildman–Crippen MR) is 73.3 cm³/mol. The smallest absolute Gasteiger partial charge is 0.304 e. The van der Waals surface area contributed by atoms with Crippen LogP contribution >= 0.6 is 22.9 Å². The van der Waals surface area contributed by atoms with Gasteiger partial charge in [-0.2, -0.15) is 0 Å². The number of thiophene rings is 1. The van der Waals surface area contributed by atoms with Crippen molar-refractivity contribution in [1.29, 1.82) is 0 Å². The van der Waals surface area contributed by atoms with Crippen molar-refractivity contribution in [2.75, 3.05) is 0 Å². The summed E-state index contributed by atoms with van der Waals surface area (Å²) in [5.74, 6) is 0. The molecule has 2 aromatic carbocycles. The first kappa shape index (κ1) is 10.1. The van der Waals surface area contributed by atoms with Gasteiger partial charge in [0.1, 0.15) is 0 Å². The Morgan fingerprint density at radius 1 is 1.00 bits per heavy atom. The minimum absolute atomic E-state index is 0.0882. The topological polar surface area (TPSA) is 20.2 Å². The molecule has 0 spiro atoms. The van der Waals surface area contributed by atoms with Gasteiger partial charge in [-0.3, -0.25) is 0 Å². The molecule has 0 unspecified atom stereocenters. The second-order valence-electron chi connectivity index (χ2n) is 3.73. The number of halogens is 1. The SMILES string of the molecule is OBc1ccc2c(c1)sc1ccc(Cl)cc12. The lowest BCUT2D eigenvalue weighted by molar-refractivity contribution is 0.615. The molecular weight excluding hydrogens is 238 g/mol. The molecule has 16 heavy (non-hydrogen) atoms. The Bertz CT molecular complexity index is 677. The van der Waals surface area contributed by atoms with Gasteiger partial charge in [0.15, 0.2) is 0 Å². The van der Waals surface area contributed by atoms with Gasteiger partial charge in [0.2, 0.25) is 0 Å². The van der Waals surface area contributed by atoms with Crippen LogP contribution in [0.3, 0.4) is 0 Å². The summed E-state index contributed by atoms with van der Waals surface area (Å²) >= 11 is 7.73. The predicted octanol–water partition coefficient (Wildman–Crippen LogP) is 2.68. The van der Waals surface area contributed by atoms with Crippen molar-refractivity contribution in [2.45, 2.75) is 0 Å². The van der Waals surface area contributed by atoms with Crippen LogP contribution < -0.4 is 5.46 Å². The van der Waals surface area contributed by atoms with Crippen molar-refractivity contribution in [3.63, 3.8) is 0 Å². The van der Waals surface area contributed by atoms with E-state index >= 15 is 0 Å². The molecule has 0 fully saturated rings. The van der Waals surface area contributed by atoms with Crippen LogP contribution in [0.5, 0.6) is 0 Å². The molecule has 1 nitrogen and oxygen atoms in total. The maximum atomic E-state index is 9.10. The molecule has 0 aliphatic rings.